The molecular weight excluding hydrogens is 151 g/mol. The molecule has 0 saturated heterocycles. The van der Waals surface area contributed by atoms with Crippen molar-refractivity contribution in [1.29, 1.82) is 0 Å². The first-order valence-corrected chi connectivity index (χ1v) is 2.60. The van der Waals surface area contributed by atoms with Crippen LogP contribution in [0, 0.1) is 0 Å². The van der Waals surface area contributed by atoms with Crippen LogP contribution < -0.4 is 0 Å². The van der Waals surface area contributed by atoms with E-state index in [2.05, 4.69) is 15.7 Å². The number of rotatable bonds is 0. The van der Waals surface area contributed by atoms with Gasteiger partial charge in [-0.05, 0) is 13.8 Å². The van der Waals surface area contributed by atoms with Crippen LogP contribution in [0.2, 0.25) is 0 Å². The molecule has 0 radical (unpaired) electrons. The van der Waals surface area contributed by atoms with E-state index in [0.29, 0.717) is 0 Å². The molecule has 2 nitrogen and oxygen atoms in total. The monoisotopic (exact) mass is 160 g/mol. The van der Waals surface area contributed by atoms with Crippen molar-refractivity contribution in [2.45, 2.75) is 20.8 Å². The Kier molecular flexibility index (Phi) is 9.21. The normalized spacial score (nSPS) is 6.62. The van der Waals surface area contributed by atoms with Gasteiger partial charge >= 0.3 is 32.2 Å². The van der Waals surface area contributed by atoms with E-state index >= 15 is 0 Å². The Labute approximate surface area is 57.2 Å². The predicted octanol–water partition coefficient (Wildman–Crippen LogP) is 0.675. The van der Waals surface area contributed by atoms with Crippen molar-refractivity contribution >= 4 is 10.5 Å². The van der Waals surface area contributed by atoms with Crippen LogP contribution in [0.3, 0.4) is 0 Å². The zero-order valence-corrected chi connectivity index (χ0v) is 6.19. The second-order valence-electron chi connectivity index (χ2n) is 1.35. The van der Waals surface area contributed by atoms with E-state index < -0.39 is 0 Å². The van der Waals surface area contributed by atoms with E-state index in [1.807, 2.05) is 0 Å². The van der Waals surface area contributed by atoms with Crippen LogP contribution in [0.4, 0.5) is 0 Å². The topological polar surface area (TPSA) is 34.1 Å². The molecule has 0 bridgehead atoms. The van der Waals surface area contributed by atoms with Gasteiger partial charge < -0.3 is 4.79 Å². The predicted molar refractivity (Wildman–Crippen MR) is 27.0 cm³/mol. The Balaban J connectivity index is 0. The molecule has 0 aliphatic rings. The number of ketones is 1. The SMILES string of the molecule is CC(C)=O.C[C](=O)[Co]. The Hall–Kier alpha value is -0.154. The Morgan fingerprint density at radius 3 is 1.12 bits per heavy atom. The molecule has 0 rings (SSSR count). The summed E-state index contributed by atoms with van der Waals surface area (Å²) in [5.41, 5.74) is 0. The molecule has 0 spiro atoms. The molecule has 0 N–H and O–H groups in total. The van der Waals surface area contributed by atoms with Gasteiger partial charge in [-0.3, -0.25) is 0 Å². The van der Waals surface area contributed by atoms with Crippen molar-refractivity contribution < 1.29 is 25.3 Å². The van der Waals surface area contributed by atoms with Gasteiger partial charge in [-0.25, -0.2) is 0 Å². The Bertz CT molecular complexity index is 68.4. The van der Waals surface area contributed by atoms with Crippen LogP contribution >= 0.6 is 0 Å². The van der Waals surface area contributed by atoms with Gasteiger partial charge in [0.1, 0.15) is 5.78 Å². The third-order valence-corrected chi connectivity index (χ3v) is 0. The molecule has 0 fully saturated rings. The molecule has 0 unspecified atom stereocenters. The molecule has 0 heterocycles. The van der Waals surface area contributed by atoms with E-state index in [9.17, 15) is 9.59 Å². The summed E-state index contributed by atoms with van der Waals surface area (Å²) in [5.74, 6) is 0.167. The third kappa shape index (κ3) is 5830. The van der Waals surface area contributed by atoms with Gasteiger partial charge in [0.25, 0.3) is 0 Å². The van der Waals surface area contributed by atoms with E-state index in [1.165, 1.54) is 20.8 Å². The summed E-state index contributed by atoms with van der Waals surface area (Å²) >= 11 is 3.37. The summed E-state index contributed by atoms with van der Waals surface area (Å²) in [6, 6.07) is 0. The minimum absolute atomic E-state index is 0.146. The van der Waals surface area contributed by atoms with Crippen LogP contribution in [0.25, 0.3) is 0 Å². The first-order chi connectivity index (χ1) is 3.46. The number of Topliss-reactive ketones (excluding diaryl/α,β-unsaturated/α-hetero) is 1. The average Bonchev–Trinajstić information content (AvgIpc) is 1.25. The van der Waals surface area contributed by atoms with Crippen LogP contribution in [-0.2, 0) is 25.3 Å². The number of carbonyl (C=O) groups is 2. The molecule has 50 valence electrons. The molecular formula is C5H9CoO2. The maximum absolute atomic E-state index is 9.44. The van der Waals surface area contributed by atoms with Gasteiger partial charge in [0.2, 0.25) is 0 Å². The first-order valence-electron chi connectivity index (χ1n) is 2.07. The van der Waals surface area contributed by atoms with Crippen LogP contribution in [0.1, 0.15) is 20.8 Å². The second kappa shape index (κ2) is 6.85. The van der Waals surface area contributed by atoms with Crippen molar-refractivity contribution in [3.8, 4) is 0 Å². The van der Waals surface area contributed by atoms with Gasteiger partial charge in [-0.15, -0.1) is 0 Å². The summed E-state index contributed by atoms with van der Waals surface area (Å²) < 4.78 is -0.146. The van der Waals surface area contributed by atoms with Crippen molar-refractivity contribution in [3.63, 3.8) is 0 Å². The van der Waals surface area contributed by atoms with Crippen LogP contribution in [-0.4, -0.2) is 10.5 Å². The van der Waals surface area contributed by atoms with Crippen LogP contribution in [0.5, 0.6) is 0 Å². The van der Waals surface area contributed by atoms with Crippen molar-refractivity contribution in [3.05, 3.63) is 0 Å². The zero-order valence-electron chi connectivity index (χ0n) is 5.15. The van der Waals surface area contributed by atoms with Crippen molar-refractivity contribution in [1.82, 2.24) is 0 Å². The summed E-state index contributed by atoms with van der Waals surface area (Å²) in [7, 11) is 0. The summed E-state index contributed by atoms with van der Waals surface area (Å²) in [5, 5.41) is 0. The van der Waals surface area contributed by atoms with Gasteiger partial charge in [-0.1, -0.05) is 0 Å². The molecule has 0 aromatic heterocycles. The van der Waals surface area contributed by atoms with E-state index in [0.717, 1.165) is 0 Å². The summed E-state index contributed by atoms with van der Waals surface area (Å²) in [6.45, 7) is 4.44. The van der Waals surface area contributed by atoms with Gasteiger partial charge in [0.05, 0.1) is 0 Å². The fraction of sp³-hybridized carbons (Fsp3) is 0.600. The van der Waals surface area contributed by atoms with Gasteiger partial charge in [-0.2, -0.15) is 0 Å². The molecule has 0 atom stereocenters. The molecule has 0 aromatic rings. The van der Waals surface area contributed by atoms with E-state index in [1.54, 1.807) is 0 Å². The zero-order chi connectivity index (χ0) is 7.15. The Morgan fingerprint density at radius 1 is 1.12 bits per heavy atom. The third-order valence-electron chi connectivity index (χ3n) is 0. The Morgan fingerprint density at radius 2 is 1.12 bits per heavy atom. The van der Waals surface area contributed by atoms with E-state index in [-0.39, 0.29) is 10.5 Å². The second-order valence-corrected chi connectivity index (χ2v) is 2.08. The van der Waals surface area contributed by atoms with Gasteiger partial charge in [0.15, 0.2) is 0 Å². The fourth-order valence-corrected chi connectivity index (χ4v) is 0. The number of hydrogen-bond donors (Lipinski definition) is 0. The average molecular weight is 160 g/mol. The summed E-state index contributed by atoms with van der Waals surface area (Å²) in [6.07, 6.45) is 0. The first kappa shape index (κ1) is 10.8. The summed E-state index contributed by atoms with van der Waals surface area (Å²) in [4.78, 5) is 18.8. The van der Waals surface area contributed by atoms with Crippen molar-refractivity contribution in [2.75, 3.05) is 0 Å². The quantitative estimate of drug-likeness (QED) is 0.522. The molecule has 0 aliphatic heterocycles. The van der Waals surface area contributed by atoms with Gasteiger partial charge in [0, 0.05) is 0 Å². The van der Waals surface area contributed by atoms with Crippen molar-refractivity contribution in [2.24, 2.45) is 0 Å². The molecule has 0 aliphatic carbocycles. The minimum atomic E-state index is -0.146. The number of hydrogen-bond acceptors (Lipinski definition) is 2. The fourth-order valence-electron chi connectivity index (χ4n) is 0. The van der Waals surface area contributed by atoms with Crippen LogP contribution in [0.15, 0.2) is 0 Å². The molecule has 0 amide bonds. The van der Waals surface area contributed by atoms with E-state index in [4.69, 9.17) is 0 Å². The molecule has 0 aromatic carbocycles. The standard InChI is InChI=1S/C3H6O.C2H3O.Co/c1-3(2)4;1-2-3;/h1-2H3;1H3;. The number of carbonyl (C=O) groups excluding carboxylic acids is 2. The molecule has 8 heavy (non-hydrogen) atoms. The maximum atomic E-state index is 9.44. The molecule has 3 heteroatoms. The molecule has 0 saturated carbocycles.